The van der Waals surface area contributed by atoms with E-state index in [4.69, 9.17) is 28.7 Å². The van der Waals surface area contributed by atoms with Gasteiger partial charge in [0, 0.05) is 25.1 Å². The van der Waals surface area contributed by atoms with Gasteiger partial charge in [-0.1, -0.05) is 30.3 Å². The number of phenolic OH excluding ortho intramolecular Hbond substituents is 1. The molecular weight excluding hydrogens is 620 g/mol. The van der Waals surface area contributed by atoms with E-state index in [1.807, 2.05) is 105 Å². The molecule has 0 fully saturated rings. The lowest BCUT2D eigenvalue weighted by molar-refractivity contribution is -0.151. The quantitative estimate of drug-likeness (QED) is 0.137. The molecule has 49 heavy (non-hydrogen) atoms. The number of esters is 1. The first-order valence-corrected chi connectivity index (χ1v) is 16.7. The number of aryl methyl sites for hydroxylation is 1. The molecule has 2 atom stereocenters. The predicted molar refractivity (Wildman–Crippen MR) is 188 cm³/mol. The molecule has 0 bridgehead atoms. The third-order valence-corrected chi connectivity index (χ3v) is 9.37. The molecule has 1 aromatic heterocycles. The lowest BCUT2D eigenvalue weighted by Gasteiger charge is -2.37. The largest absolute Gasteiger partial charge is 0.507 e. The maximum Gasteiger partial charge on any atom is 0.347 e. The number of aromatic hydroxyl groups is 1. The van der Waals surface area contributed by atoms with Gasteiger partial charge in [0.05, 0.1) is 17.6 Å². The number of rotatable bonds is 12. The van der Waals surface area contributed by atoms with Crippen LogP contribution in [-0.4, -0.2) is 45.5 Å². The molecule has 6 rings (SSSR count). The van der Waals surface area contributed by atoms with Gasteiger partial charge in [0.2, 0.25) is 0 Å². The first-order valence-electron chi connectivity index (χ1n) is 16.7. The normalized spacial score (nSPS) is 16.0. The van der Waals surface area contributed by atoms with Crippen LogP contribution in [0.4, 0.5) is 0 Å². The van der Waals surface area contributed by atoms with Gasteiger partial charge in [0.15, 0.2) is 6.10 Å². The number of aromatic nitrogens is 2. The zero-order valence-electron chi connectivity index (χ0n) is 29.0. The molecule has 0 radical (unpaired) electrons. The van der Waals surface area contributed by atoms with Crippen molar-refractivity contribution in [3.05, 3.63) is 106 Å². The van der Waals surface area contributed by atoms with Crippen LogP contribution in [0.2, 0.25) is 0 Å². The van der Waals surface area contributed by atoms with Crippen molar-refractivity contribution < 1.29 is 33.6 Å². The minimum Gasteiger partial charge on any atom is -0.507 e. The van der Waals surface area contributed by atoms with Gasteiger partial charge in [-0.2, -0.15) is 0 Å². The maximum absolute atomic E-state index is 12.6. The van der Waals surface area contributed by atoms with E-state index in [2.05, 4.69) is 6.92 Å². The first kappa shape index (κ1) is 33.7. The van der Waals surface area contributed by atoms with Crippen LogP contribution in [0.15, 0.2) is 72.8 Å². The molecule has 1 aliphatic heterocycles. The van der Waals surface area contributed by atoms with Gasteiger partial charge in [-0.3, -0.25) is 0 Å². The Balaban J connectivity index is 1.08. The van der Waals surface area contributed by atoms with Crippen molar-refractivity contribution in [2.75, 3.05) is 13.2 Å². The highest BCUT2D eigenvalue weighted by molar-refractivity contribution is 5.78. The molecule has 4 aromatic carbocycles. The Morgan fingerprint density at radius 1 is 0.959 bits per heavy atom. The van der Waals surface area contributed by atoms with E-state index in [0.29, 0.717) is 30.3 Å². The number of hydrogen-bond donors (Lipinski definition) is 1. The highest BCUT2D eigenvalue weighted by atomic mass is 16.6. The number of benzene rings is 4. The Kier molecular flexibility index (Phi) is 9.72. The minimum absolute atomic E-state index is 0.280. The summed E-state index contributed by atoms with van der Waals surface area (Å²) in [5.41, 5.74) is 6.02. The Morgan fingerprint density at radius 2 is 1.69 bits per heavy atom. The highest BCUT2D eigenvalue weighted by Gasteiger charge is 2.35. The first-order chi connectivity index (χ1) is 23.5. The molecule has 0 aliphatic carbocycles. The standard InChI is InChI=1S/C40H44N2O7/c1-7-45-39(44)35(48-30-11-9-8-10-12-30)21-28-13-15-29(16-14-28)46-23-36-41-33-18-17-31(22-34(33)42(36)6)47-24-40(5)20-19-32-27(4)37(43)25(2)26(3)38(32)49-40/h8-18,22,35,43H,7,19-21,23-24H2,1-6H3. The van der Waals surface area contributed by atoms with Gasteiger partial charge in [0.25, 0.3) is 0 Å². The van der Waals surface area contributed by atoms with Crippen LogP contribution in [-0.2, 0) is 36.0 Å². The Morgan fingerprint density at radius 3 is 2.43 bits per heavy atom. The number of phenols is 1. The third-order valence-electron chi connectivity index (χ3n) is 9.37. The zero-order valence-corrected chi connectivity index (χ0v) is 29.0. The number of ether oxygens (including phenoxy) is 5. The Hall–Kier alpha value is -5.18. The van der Waals surface area contributed by atoms with Gasteiger partial charge < -0.3 is 33.4 Å². The molecule has 0 saturated carbocycles. The summed E-state index contributed by atoms with van der Waals surface area (Å²) in [4.78, 5) is 17.4. The summed E-state index contributed by atoms with van der Waals surface area (Å²) in [7, 11) is 1.97. The summed E-state index contributed by atoms with van der Waals surface area (Å²) < 4.78 is 32.2. The Labute approximate surface area is 287 Å². The molecule has 1 N–H and O–H groups in total. The lowest BCUT2D eigenvalue weighted by Crippen LogP contribution is -2.42. The number of nitrogens with zero attached hydrogens (tertiary/aromatic N) is 2. The van der Waals surface area contributed by atoms with Crippen LogP contribution in [0.1, 0.15) is 53.9 Å². The van der Waals surface area contributed by atoms with Gasteiger partial charge >= 0.3 is 5.97 Å². The van der Waals surface area contributed by atoms with Crippen molar-refractivity contribution in [1.29, 1.82) is 0 Å². The number of hydrogen-bond acceptors (Lipinski definition) is 8. The highest BCUT2D eigenvalue weighted by Crippen LogP contribution is 2.43. The molecule has 5 aromatic rings. The van der Waals surface area contributed by atoms with E-state index in [0.717, 1.165) is 69.0 Å². The molecule has 1 aliphatic rings. The molecule has 2 unspecified atom stereocenters. The van der Waals surface area contributed by atoms with Crippen LogP contribution in [0.5, 0.6) is 28.7 Å². The number of imidazole rings is 1. The van der Waals surface area contributed by atoms with E-state index in [1.165, 1.54) is 0 Å². The van der Waals surface area contributed by atoms with Gasteiger partial charge in [-0.05, 0) is 106 Å². The van der Waals surface area contributed by atoms with Crippen LogP contribution >= 0.6 is 0 Å². The fourth-order valence-electron chi connectivity index (χ4n) is 6.23. The molecule has 9 heteroatoms. The van der Waals surface area contributed by atoms with E-state index < -0.39 is 17.7 Å². The smallest absolute Gasteiger partial charge is 0.347 e. The summed E-state index contributed by atoms with van der Waals surface area (Å²) in [6.45, 7) is 10.7. The fraction of sp³-hybridized carbons (Fsp3) is 0.350. The van der Waals surface area contributed by atoms with Crippen LogP contribution in [0.25, 0.3) is 11.0 Å². The molecule has 0 saturated heterocycles. The zero-order chi connectivity index (χ0) is 34.7. The molecular formula is C40H44N2O7. The second kappa shape index (κ2) is 14.1. The van der Waals surface area contributed by atoms with Crippen LogP contribution in [0, 0.1) is 20.8 Å². The summed E-state index contributed by atoms with van der Waals surface area (Å²) in [6.07, 6.45) is 1.21. The summed E-state index contributed by atoms with van der Waals surface area (Å²) in [5.74, 6) is 3.64. The van der Waals surface area contributed by atoms with E-state index in [9.17, 15) is 9.90 Å². The van der Waals surface area contributed by atoms with Crippen molar-refractivity contribution >= 4 is 17.0 Å². The second-order valence-electron chi connectivity index (χ2n) is 12.9. The average molecular weight is 665 g/mol. The topological polar surface area (TPSA) is 101 Å². The molecule has 256 valence electrons. The Bertz CT molecular complexity index is 1950. The van der Waals surface area contributed by atoms with E-state index in [1.54, 1.807) is 6.92 Å². The van der Waals surface area contributed by atoms with Crippen molar-refractivity contribution in [2.45, 2.75) is 72.2 Å². The summed E-state index contributed by atoms with van der Waals surface area (Å²) in [6, 6.07) is 22.8. The van der Waals surface area contributed by atoms with Crippen molar-refractivity contribution in [2.24, 2.45) is 7.05 Å². The maximum atomic E-state index is 12.6. The molecule has 9 nitrogen and oxygen atoms in total. The van der Waals surface area contributed by atoms with Crippen molar-refractivity contribution in [3.8, 4) is 28.7 Å². The van der Waals surface area contributed by atoms with E-state index >= 15 is 0 Å². The fourth-order valence-corrected chi connectivity index (χ4v) is 6.23. The van der Waals surface area contributed by atoms with E-state index in [-0.39, 0.29) is 13.2 Å². The summed E-state index contributed by atoms with van der Waals surface area (Å²) in [5, 5.41) is 10.5. The number of fused-ring (bicyclic) bond motifs is 2. The monoisotopic (exact) mass is 664 g/mol. The van der Waals surface area contributed by atoms with Crippen molar-refractivity contribution in [3.63, 3.8) is 0 Å². The van der Waals surface area contributed by atoms with Gasteiger partial charge in [-0.15, -0.1) is 0 Å². The van der Waals surface area contributed by atoms with Crippen molar-refractivity contribution in [1.82, 2.24) is 9.55 Å². The SMILES string of the molecule is CCOC(=O)C(Cc1ccc(OCc2nc3ccc(OCC4(C)CCc5c(C)c(O)c(C)c(C)c5O4)cc3n2C)cc1)Oc1ccccc1. The van der Waals surface area contributed by atoms with Gasteiger partial charge in [0.1, 0.15) is 53.4 Å². The minimum atomic E-state index is -0.758. The molecule has 0 amide bonds. The lowest BCUT2D eigenvalue weighted by atomic mass is 9.87. The van der Waals surface area contributed by atoms with Crippen LogP contribution < -0.4 is 18.9 Å². The number of para-hydroxylation sites is 1. The molecule has 0 spiro atoms. The molecule has 2 heterocycles. The average Bonchev–Trinajstić information content (AvgIpc) is 3.43. The second-order valence-corrected chi connectivity index (χ2v) is 12.9. The third kappa shape index (κ3) is 7.31. The van der Waals surface area contributed by atoms with Crippen LogP contribution in [0.3, 0.4) is 0 Å². The van der Waals surface area contributed by atoms with Gasteiger partial charge in [-0.25, -0.2) is 9.78 Å². The number of carbonyl (C=O) groups excluding carboxylic acids is 1. The number of carbonyl (C=O) groups is 1. The summed E-state index contributed by atoms with van der Waals surface area (Å²) >= 11 is 0. The predicted octanol–water partition coefficient (Wildman–Crippen LogP) is 7.50.